The monoisotopic (exact) mass is 363 g/mol. The first kappa shape index (κ1) is 17.3. The smallest absolute Gasteiger partial charge is 0.261 e. The van der Waals surface area contributed by atoms with Gasteiger partial charge in [0.25, 0.3) is 11.8 Å². The summed E-state index contributed by atoms with van der Waals surface area (Å²) in [5.74, 6) is -0.623. The third-order valence-electron chi connectivity index (χ3n) is 3.84. The van der Waals surface area contributed by atoms with E-state index in [0.29, 0.717) is 29.0 Å². The molecule has 2 aromatic rings. The van der Waals surface area contributed by atoms with Gasteiger partial charge >= 0.3 is 0 Å². The van der Waals surface area contributed by atoms with E-state index in [1.165, 1.54) is 0 Å². The molecule has 25 heavy (non-hydrogen) atoms. The summed E-state index contributed by atoms with van der Waals surface area (Å²) in [6.45, 7) is 1.73. The Labute approximate surface area is 144 Å². The number of nitrogens with zero attached hydrogens (tertiary/aromatic N) is 2. The van der Waals surface area contributed by atoms with Gasteiger partial charge in [0.05, 0.1) is 22.6 Å². The molecule has 0 saturated heterocycles. The maximum atomic E-state index is 12.2. The molecule has 3 rings (SSSR count). The third kappa shape index (κ3) is 3.77. The predicted molar refractivity (Wildman–Crippen MR) is 88.5 cm³/mol. The Bertz CT molecular complexity index is 884. The van der Waals surface area contributed by atoms with Crippen molar-refractivity contribution in [3.8, 4) is 0 Å². The van der Waals surface area contributed by atoms with E-state index < -0.39 is 21.8 Å². The lowest BCUT2D eigenvalue weighted by Gasteiger charge is -2.14. The first-order valence-corrected chi connectivity index (χ1v) is 9.37. The van der Waals surface area contributed by atoms with Crippen molar-refractivity contribution >= 4 is 21.8 Å². The van der Waals surface area contributed by atoms with Gasteiger partial charge in [0.1, 0.15) is 5.76 Å². The van der Waals surface area contributed by atoms with Crippen LogP contribution in [0.2, 0.25) is 0 Å². The van der Waals surface area contributed by atoms with Gasteiger partial charge in [-0.3, -0.25) is 14.5 Å². The van der Waals surface area contributed by atoms with Crippen LogP contribution in [-0.2, 0) is 16.4 Å². The van der Waals surface area contributed by atoms with Crippen LogP contribution in [0.3, 0.4) is 0 Å². The Morgan fingerprint density at radius 1 is 1.16 bits per heavy atom. The van der Waals surface area contributed by atoms with E-state index in [1.54, 1.807) is 37.3 Å². The molecule has 8 nitrogen and oxygen atoms in total. The van der Waals surface area contributed by atoms with Gasteiger partial charge < -0.3 is 4.52 Å². The van der Waals surface area contributed by atoms with Gasteiger partial charge in [0.15, 0.2) is 0 Å². The second kappa shape index (κ2) is 6.77. The summed E-state index contributed by atoms with van der Waals surface area (Å²) in [4.78, 5) is 25.4. The summed E-state index contributed by atoms with van der Waals surface area (Å²) in [7, 11) is -3.62. The summed E-state index contributed by atoms with van der Waals surface area (Å²) in [5, 5.41) is 3.78. The molecule has 9 heteroatoms. The van der Waals surface area contributed by atoms with Crippen molar-refractivity contribution in [2.75, 3.05) is 18.8 Å². The number of sulfonamides is 1. The molecule has 0 fully saturated rings. The standard InChI is InChI=1S/C16H17N3O5S/c1-11-10-12(18-24-11)6-7-17-25(22,23)9-8-19-15(20)13-4-2-3-5-14(13)16(19)21/h2-5,10,17H,6-9H2,1H3. The maximum absolute atomic E-state index is 12.2. The van der Waals surface area contributed by atoms with E-state index in [-0.39, 0.29) is 18.8 Å². The van der Waals surface area contributed by atoms with Crippen LogP contribution < -0.4 is 4.72 Å². The number of imide groups is 1. The van der Waals surface area contributed by atoms with E-state index in [0.717, 1.165) is 4.90 Å². The molecule has 0 saturated carbocycles. The first-order chi connectivity index (χ1) is 11.9. The highest BCUT2D eigenvalue weighted by atomic mass is 32.2. The molecule has 0 bridgehead atoms. The molecule has 1 N–H and O–H groups in total. The van der Waals surface area contributed by atoms with Crippen LogP contribution in [0, 0.1) is 6.92 Å². The topological polar surface area (TPSA) is 110 Å². The van der Waals surface area contributed by atoms with Crippen LogP contribution in [0.15, 0.2) is 34.9 Å². The van der Waals surface area contributed by atoms with Gasteiger partial charge in [0, 0.05) is 25.6 Å². The Hall–Kier alpha value is -2.52. The second-order valence-electron chi connectivity index (χ2n) is 5.70. The average molecular weight is 363 g/mol. The minimum atomic E-state index is -3.62. The van der Waals surface area contributed by atoms with Crippen LogP contribution in [0.25, 0.3) is 0 Å². The fourth-order valence-corrected chi connectivity index (χ4v) is 3.58. The summed E-state index contributed by atoms with van der Waals surface area (Å²) in [6.07, 6.45) is 0.392. The SMILES string of the molecule is Cc1cc(CCNS(=O)(=O)CCN2C(=O)c3ccccc3C2=O)no1. The maximum Gasteiger partial charge on any atom is 0.261 e. The van der Waals surface area contributed by atoms with Crippen LogP contribution in [0.1, 0.15) is 32.2 Å². The molecular formula is C16H17N3O5S. The second-order valence-corrected chi connectivity index (χ2v) is 7.63. The van der Waals surface area contributed by atoms with E-state index in [4.69, 9.17) is 4.52 Å². The molecule has 0 spiro atoms. The lowest BCUT2D eigenvalue weighted by molar-refractivity contribution is 0.0664. The van der Waals surface area contributed by atoms with E-state index in [9.17, 15) is 18.0 Å². The fraction of sp³-hybridized carbons (Fsp3) is 0.312. The van der Waals surface area contributed by atoms with E-state index in [1.807, 2.05) is 0 Å². The molecule has 0 aliphatic carbocycles. The minimum Gasteiger partial charge on any atom is -0.361 e. The highest BCUT2D eigenvalue weighted by molar-refractivity contribution is 7.89. The summed E-state index contributed by atoms with van der Waals surface area (Å²) in [5.41, 5.74) is 1.26. The van der Waals surface area contributed by atoms with Crippen molar-refractivity contribution in [3.05, 3.63) is 52.9 Å². The zero-order chi connectivity index (χ0) is 18.0. The summed E-state index contributed by atoms with van der Waals surface area (Å²) in [6, 6.07) is 8.17. The number of benzene rings is 1. The molecule has 1 aromatic heterocycles. The van der Waals surface area contributed by atoms with Crippen LogP contribution in [0.4, 0.5) is 0 Å². The molecule has 0 radical (unpaired) electrons. The van der Waals surface area contributed by atoms with Gasteiger partial charge in [0.2, 0.25) is 10.0 Å². The van der Waals surface area contributed by atoms with Gasteiger partial charge in [-0.2, -0.15) is 0 Å². The number of carbonyl (C=O) groups excluding carboxylic acids is 2. The normalized spacial score (nSPS) is 14.2. The average Bonchev–Trinajstić information content (AvgIpc) is 3.09. The number of rotatable bonds is 7. The molecule has 1 aromatic carbocycles. The molecule has 2 amide bonds. The number of aryl methyl sites for hydroxylation is 1. The lowest BCUT2D eigenvalue weighted by Crippen LogP contribution is -2.38. The van der Waals surface area contributed by atoms with Gasteiger partial charge in [-0.05, 0) is 19.1 Å². The van der Waals surface area contributed by atoms with Crippen LogP contribution >= 0.6 is 0 Å². The molecule has 132 valence electrons. The zero-order valence-corrected chi connectivity index (χ0v) is 14.4. The molecule has 1 aliphatic heterocycles. The molecule has 0 atom stereocenters. The third-order valence-corrected chi connectivity index (χ3v) is 5.21. The number of carbonyl (C=O) groups is 2. The van der Waals surface area contributed by atoms with Crippen molar-refractivity contribution < 1.29 is 22.5 Å². The van der Waals surface area contributed by atoms with E-state index in [2.05, 4.69) is 9.88 Å². The highest BCUT2D eigenvalue weighted by Gasteiger charge is 2.35. The Kier molecular flexibility index (Phi) is 4.69. The summed E-state index contributed by atoms with van der Waals surface area (Å²) < 4.78 is 31.5. The number of hydrogen-bond donors (Lipinski definition) is 1. The first-order valence-electron chi connectivity index (χ1n) is 7.72. The molecule has 2 heterocycles. The number of aromatic nitrogens is 1. The van der Waals surface area contributed by atoms with Crippen molar-refractivity contribution in [2.45, 2.75) is 13.3 Å². The molecule has 0 unspecified atom stereocenters. The quantitative estimate of drug-likeness (QED) is 0.727. The van der Waals surface area contributed by atoms with Crippen molar-refractivity contribution in [2.24, 2.45) is 0 Å². The Morgan fingerprint density at radius 2 is 1.80 bits per heavy atom. The van der Waals surface area contributed by atoms with Crippen molar-refractivity contribution in [1.82, 2.24) is 14.8 Å². The zero-order valence-electron chi connectivity index (χ0n) is 13.6. The number of amides is 2. The van der Waals surface area contributed by atoms with Crippen molar-refractivity contribution in [3.63, 3.8) is 0 Å². The number of fused-ring (bicyclic) bond motifs is 1. The minimum absolute atomic E-state index is 0.163. The highest BCUT2D eigenvalue weighted by Crippen LogP contribution is 2.22. The van der Waals surface area contributed by atoms with E-state index >= 15 is 0 Å². The van der Waals surface area contributed by atoms with Crippen LogP contribution in [0.5, 0.6) is 0 Å². The van der Waals surface area contributed by atoms with Gasteiger partial charge in [-0.25, -0.2) is 13.1 Å². The van der Waals surface area contributed by atoms with Gasteiger partial charge in [-0.15, -0.1) is 0 Å². The number of nitrogens with one attached hydrogen (secondary N) is 1. The van der Waals surface area contributed by atoms with Crippen LogP contribution in [-0.4, -0.2) is 49.1 Å². The molecular weight excluding hydrogens is 346 g/mol. The Balaban J connectivity index is 1.54. The van der Waals surface area contributed by atoms with Crippen molar-refractivity contribution in [1.29, 1.82) is 0 Å². The summed E-state index contributed by atoms with van der Waals surface area (Å²) >= 11 is 0. The predicted octanol–water partition coefficient (Wildman–Crippen LogP) is 0.741. The lowest BCUT2D eigenvalue weighted by atomic mass is 10.1. The van der Waals surface area contributed by atoms with Gasteiger partial charge in [-0.1, -0.05) is 17.3 Å². The molecule has 1 aliphatic rings. The largest absolute Gasteiger partial charge is 0.361 e. The number of hydrogen-bond acceptors (Lipinski definition) is 6. The Morgan fingerprint density at radius 3 is 2.36 bits per heavy atom. The fourth-order valence-electron chi connectivity index (χ4n) is 2.60.